The van der Waals surface area contributed by atoms with Crippen molar-refractivity contribution in [2.75, 3.05) is 0 Å². The molecule has 0 saturated heterocycles. The number of urea groups is 1. The third-order valence-corrected chi connectivity index (χ3v) is 3.07. The molecule has 0 saturated carbocycles. The highest BCUT2D eigenvalue weighted by atomic mass is 35.5. The highest BCUT2D eigenvalue weighted by molar-refractivity contribution is 7.89. The third kappa shape index (κ3) is 3.35. The molecule has 0 fully saturated rings. The Morgan fingerprint density at radius 3 is 2.31 bits per heavy atom. The van der Waals surface area contributed by atoms with E-state index in [1.165, 1.54) is 24.3 Å². The van der Waals surface area contributed by atoms with E-state index in [-0.39, 0.29) is 4.90 Å². The Morgan fingerprint density at radius 2 is 1.81 bits per heavy atom. The van der Waals surface area contributed by atoms with Crippen LogP contribution in [0.2, 0.25) is 5.02 Å². The van der Waals surface area contributed by atoms with Gasteiger partial charge in [0.15, 0.2) is 0 Å². The maximum absolute atomic E-state index is 11.5. The normalized spacial score (nSPS) is 10.9. The lowest BCUT2D eigenvalue weighted by Crippen LogP contribution is -2.48. The zero-order valence-corrected chi connectivity index (χ0v) is 9.47. The van der Waals surface area contributed by atoms with E-state index in [1.54, 1.807) is 5.43 Å². The molecule has 0 spiro atoms. The molecule has 2 amide bonds. The maximum Gasteiger partial charge on any atom is 0.344 e. The standard InChI is InChI=1S/C7H9ClN4O3S/c8-5-1-3-6(4-2-5)16(14,15)12-11-7(13)10-9/h1-4,12H,9H2,(H2,10,11,13). The summed E-state index contributed by atoms with van der Waals surface area (Å²) in [6, 6.07) is 4.55. The van der Waals surface area contributed by atoms with Crippen molar-refractivity contribution in [3.8, 4) is 0 Å². The Kier molecular flexibility index (Phi) is 4.07. The molecule has 5 N–H and O–H groups in total. The van der Waals surface area contributed by atoms with Crippen LogP contribution in [-0.2, 0) is 10.0 Å². The lowest BCUT2D eigenvalue weighted by atomic mass is 10.4. The Morgan fingerprint density at radius 1 is 1.25 bits per heavy atom. The average Bonchev–Trinajstić information content (AvgIpc) is 2.26. The van der Waals surface area contributed by atoms with Crippen LogP contribution in [0.3, 0.4) is 0 Å². The predicted molar refractivity (Wildman–Crippen MR) is 57.6 cm³/mol. The van der Waals surface area contributed by atoms with Gasteiger partial charge in [0, 0.05) is 5.02 Å². The van der Waals surface area contributed by atoms with Crippen LogP contribution in [0.4, 0.5) is 4.79 Å². The lowest BCUT2D eigenvalue weighted by Gasteiger charge is -2.07. The van der Waals surface area contributed by atoms with Crippen molar-refractivity contribution in [1.29, 1.82) is 0 Å². The molecule has 7 nitrogen and oxygen atoms in total. The van der Waals surface area contributed by atoms with Gasteiger partial charge in [-0.15, -0.1) is 4.83 Å². The number of benzene rings is 1. The van der Waals surface area contributed by atoms with Crippen molar-refractivity contribution >= 4 is 27.7 Å². The van der Waals surface area contributed by atoms with Gasteiger partial charge in [0.05, 0.1) is 4.90 Å². The lowest BCUT2D eigenvalue weighted by molar-refractivity contribution is 0.239. The molecule has 0 aliphatic heterocycles. The summed E-state index contributed by atoms with van der Waals surface area (Å²) in [7, 11) is -3.82. The van der Waals surface area contributed by atoms with Crippen LogP contribution in [0.25, 0.3) is 0 Å². The number of hydrogen-bond acceptors (Lipinski definition) is 4. The van der Waals surface area contributed by atoms with Crippen molar-refractivity contribution in [3.63, 3.8) is 0 Å². The number of nitrogens with two attached hydrogens (primary N) is 1. The number of amides is 2. The molecule has 1 rings (SSSR count). The summed E-state index contributed by atoms with van der Waals surface area (Å²) in [5.41, 5.74) is 3.54. The first-order valence-electron chi connectivity index (χ1n) is 3.99. The van der Waals surface area contributed by atoms with Crippen LogP contribution in [-0.4, -0.2) is 14.4 Å². The minimum atomic E-state index is -3.82. The van der Waals surface area contributed by atoms with Gasteiger partial charge in [0.2, 0.25) is 0 Å². The molecule has 16 heavy (non-hydrogen) atoms. The van der Waals surface area contributed by atoms with E-state index in [0.29, 0.717) is 5.02 Å². The Hall–Kier alpha value is -1.35. The third-order valence-electron chi connectivity index (χ3n) is 1.55. The van der Waals surface area contributed by atoms with E-state index >= 15 is 0 Å². The highest BCUT2D eigenvalue weighted by Gasteiger charge is 2.14. The average molecular weight is 265 g/mol. The molecule has 1 aromatic carbocycles. The van der Waals surface area contributed by atoms with E-state index in [4.69, 9.17) is 17.4 Å². The van der Waals surface area contributed by atoms with Gasteiger partial charge in [-0.25, -0.2) is 19.1 Å². The fourth-order valence-electron chi connectivity index (χ4n) is 0.822. The Bertz CT molecular complexity index is 473. The first kappa shape index (κ1) is 12.7. The van der Waals surface area contributed by atoms with E-state index in [9.17, 15) is 13.2 Å². The zero-order chi connectivity index (χ0) is 12.2. The van der Waals surface area contributed by atoms with Gasteiger partial charge in [0.25, 0.3) is 10.0 Å². The number of rotatable bonds is 3. The number of sulfonamides is 1. The second-order valence-electron chi connectivity index (χ2n) is 2.66. The molecule has 0 heterocycles. The monoisotopic (exact) mass is 264 g/mol. The van der Waals surface area contributed by atoms with E-state index < -0.39 is 16.1 Å². The zero-order valence-electron chi connectivity index (χ0n) is 7.90. The molecule has 1 aromatic rings. The van der Waals surface area contributed by atoms with E-state index in [1.807, 2.05) is 10.3 Å². The minimum Gasteiger partial charge on any atom is -0.275 e. The number of hydrogen-bond donors (Lipinski definition) is 4. The molecule has 0 aliphatic carbocycles. The molecule has 0 radical (unpaired) electrons. The summed E-state index contributed by atoms with van der Waals surface area (Å²) in [6.45, 7) is 0. The van der Waals surface area contributed by atoms with Crippen molar-refractivity contribution < 1.29 is 13.2 Å². The summed E-state index contributed by atoms with van der Waals surface area (Å²) in [4.78, 5) is 12.4. The van der Waals surface area contributed by atoms with Crippen molar-refractivity contribution in [3.05, 3.63) is 29.3 Å². The molecule has 0 aliphatic rings. The van der Waals surface area contributed by atoms with Gasteiger partial charge in [-0.3, -0.25) is 10.9 Å². The van der Waals surface area contributed by atoms with Gasteiger partial charge in [-0.05, 0) is 24.3 Å². The largest absolute Gasteiger partial charge is 0.344 e. The van der Waals surface area contributed by atoms with Crippen LogP contribution in [0.1, 0.15) is 0 Å². The van der Waals surface area contributed by atoms with Crippen LogP contribution >= 0.6 is 11.6 Å². The maximum atomic E-state index is 11.5. The number of hydrazine groups is 2. The number of carbonyl (C=O) groups excluding carboxylic acids is 1. The predicted octanol–water partition coefficient (Wildman–Crippen LogP) is -0.294. The highest BCUT2D eigenvalue weighted by Crippen LogP contribution is 2.13. The Labute approximate surface area is 97.0 Å². The molecule has 0 atom stereocenters. The summed E-state index contributed by atoms with van der Waals surface area (Å²) in [6.07, 6.45) is 0. The quantitative estimate of drug-likeness (QED) is 0.341. The second-order valence-corrected chi connectivity index (χ2v) is 4.78. The topological polar surface area (TPSA) is 113 Å². The fourth-order valence-corrected chi connectivity index (χ4v) is 1.79. The smallest absolute Gasteiger partial charge is 0.275 e. The van der Waals surface area contributed by atoms with Gasteiger partial charge in [-0.2, -0.15) is 0 Å². The van der Waals surface area contributed by atoms with Crippen LogP contribution < -0.4 is 21.5 Å². The summed E-state index contributed by atoms with van der Waals surface area (Å²) >= 11 is 5.60. The Balaban J connectivity index is 2.78. The summed E-state index contributed by atoms with van der Waals surface area (Å²) < 4.78 is 23.1. The SMILES string of the molecule is NNC(=O)NNS(=O)(=O)c1ccc(Cl)cc1. The number of halogens is 1. The van der Waals surface area contributed by atoms with Gasteiger partial charge in [-0.1, -0.05) is 11.6 Å². The van der Waals surface area contributed by atoms with Gasteiger partial charge >= 0.3 is 6.03 Å². The molecule has 9 heteroatoms. The molecule has 0 unspecified atom stereocenters. The van der Waals surface area contributed by atoms with E-state index in [0.717, 1.165) is 0 Å². The van der Waals surface area contributed by atoms with Crippen molar-refractivity contribution in [2.24, 2.45) is 5.84 Å². The summed E-state index contributed by atoms with van der Waals surface area (Å²) in [5, 5.41) is 0.409. The van der Waals surface area contributed by atoms with Crippen LogP contribution in [0, 0.1) is 0 Å². The van der Waals surface area contributed by atoms with E-state index in [2.05, 4.69) is 0 Å². The molecule has 88 valence electrons. The van der Waals surface area contributed by atoms with Crippen molar-refractivity contribution in [1.82, 2.24) is 15.7 Å². The first-order chi connectivity index (χ1) is 7.45. The van der Waals surface area contributed by atoms with Crippen LogP contribution in [0.5, 0.6) is 0 Å². The second kappa shape index (κ2) is 5.12. The number of nitrogens with one attached hydrogen (secondary N) is 3. The number of carbonyl (C=O) groups is 1. The van der Waals surface area contributed by atoms with Gasteiger partial charge < -0.3 is 0 Å². The minimum absolute atomic E-state index is 0.0331. The van der Waals surface area contributed by atoms with Crippen LogP contribution in [0.15, 0.2) is 29.2 Å². The first-order valence-corrected chi connectivity index (χ1v) is 5.86. The summed E-state index contributed by atoms with van der Waals surface area (Å²) in [5.74, 6) is 4.75. The molecule has 0 aromatic heterocycles. The van der Waals surface area contributed by atoms with Crippen molar-refractivity contribution in [2.45, 2.75) is 4.90 Å². The van der Waals surface area contributed by atoms with Gasteiger partial charge in [0.1, 0.15) is 0 Å². The molecular formula is C7H9ClN4O3S. The molecular weight excluding hydrogens is 256 g/mol. The molecule has 0 bridgehead atoms. The fraction of sp³-hybridized carbons (Fsp3) is 0.